The van der Waals surface area contributed by atoms with Crippen LogP contribution in [0, 0.1) is 0 Å². The molecule has 0 bridgehead atoms. The van der Waals surface area contributed by atoms with Crippen LogP contribution >= 0.6 is 0 Å². The lowest BCUT2D eigenvalue weighted by Crippen LogP contribution is -2.48. The maximum Gasteiger partial charge on any atom is 0.223 e. The van der Waals surface area contributed by atoms with Gasteiger partial charge in [-0.25, -0.2) is 4.98 Å². The first-order chi connectivity index (χ1) is 15.1. The summed E-state index contributed by atoms with van der Waals surface area (Å²) in [4.78, 5) is 21.8. The average Bonchev–Trinajstić information content (AvgIpc) is 3.14. The molecule has 1 amide bonds. The lowest BCUT2D eigenvalue weighted by Gasteiger charge is -2.35. The van der Waals surface area contributed by atoms with Gasteiger partial charge < -0.3 is 18.9 Å². The highest BCUT2D eigenvalue weighted by molar-refractivity contribution is 5.78. The number of carbonyl (C=O) groups is 1. The minimum Gasteiger partial charge on any atom is -0.497 e. The summed E-state index contributed by atoms with van der Waals surface area (Å²) in [5.41, 5.74) is 3.22. The van der Waals surface area contributed by atoms with Crippen LogP contribution in [0.3, 0.4) is 0 Å². The lowest BCUT2D eigenvalue weighted by molar-refractivity contribution is -0.133. The summed E-state index contributed by atoms with van der Waals surface area (Å²) >= 11 is 0. The molecule has 0 spiro atoms. The van der Waals surface area contributed by atoms with Crippen molar-refractivity contribution in [2.24, 2.45) is 7.05 Å². The van der Waals surface area contributed by atoms with Gasteiger partial charge in [-0.1, -0.05) is 18.2 Å². The number of nitrogens with zero attached hydrogens (tertiary/aromatic N) is 4. The van der Waals surface area contributed by atoms with Gasteiger partial charge >= 0.3 is 0 Å². The van der Waals surface area contributed by atoms with E-state index in [4.69, 9.17) is 9.47 Å². The van der Waals surface area contributed by atoms with Gasteiger partial charge in [-0.3, -0.25) is 9.69 Å². The Hall–Kier alpha value is -3.06. The SMILES string of the molecule is COc1ccc(CN2CCN(C(=O)CCc3nc4ccccc4n3C)CC2)c(OC)c1. The van der Waals surface area contributed by atoms with E-state index in [2.05, 4.69) is 20.5 Å². The van der Waals surface area contributed by atoms with Gasteiger partial charge in [-0.05, 0) is 18.2 Å². The van der Waals surface area contributed by atoms with Crippen LogP contribution in [0.2, 0.25) is 0 Å². The van der Waals surface area contributed by atoms with Gasteiger partial charge in [0.2, 0.25) is 5.91 Å². The number of rotatable bonds is 7. The van der Waals surface area contributed by atoms with Crippen LogP contribution in [-0.2, 0) is 24.8 Å². The van der Waals surface area contributed by atoms with E-state index >= 15 is 0 Å². The normalized spacial score (nSPS) is 14.7. The Bertz CT molecular complexity index is 1050. The zero-order valence-corrected chi connectivity index (χ0v) is 18.5. The summed E-state index contributed by atoms with van der Waals surface area (Å²) in [7, 11) is 5.35. The van der Waals surface area contributed by atoms with Crippen LogP contribution in [0.25, 0.3) is 11.0 Å². The van der Waals surface area contributed by atoms with Crippen molar-refractivity contribution in [3.05, 3.63) is 53.9 Å². The second-order valence-corrected chi connectivity index (χ2v) is 7.91. The first-order valence-electron chi connectivity index (χ1n) is 10.7. The summed E-state index contributed by atoms with van der Waals surface area (Å²) in [5.74, 6) is 2.78. The fourth-order valence-electron chi connectivity index (χ4n) is 4.17. The van der Waals surface area contributed by atoms with Crippen molar-refractivity contribution in [3.8, 4) is 11.5 Å². The zero-order chi connectivity index (χ0) is 21.8. The predicted molar refractivity (Wildman–Crippen MR) is 120 cm³/mol. The van der Waals surface area contributed by atoms with Crippen molar-refractivity contribution in [1.29, 1.82) is 0 Å². The predicted octanol–water partition coefficient (Wildman–Crippen LogP) is 2.87. The maximum absolute atomic E-state index is 12.8. The van der Waals surface area contributed by atoms with E-state index < -0.39 is 0 Å². The highest BCUT2D eigenvalue weighted by atomic mass is 16.5. The Balaban J connectivity index is 1.29. The Labute approximate surface area is 183 Å². The molecular weight excluding hydrogens is 392 g/mol. The number of aromatic nitrogens is 2. The number of ether oxygens (including phenoxy) is 2. The number of hydrogen-bond acceptors (Lipinski definition) is 5. The molecule has 7 nitrogen and oxygen atoms in total. The molecule has 0 radical (unpaired) electrons. The van der Waals surface area contributed by atoms with Gasteiger partial charge in [0.05, 0.1) is 25.3 Å². The number of carbonyl (C=O) groups excluding carboxylic acids is 1. The van der Waals surface area contributed by atoms with Crippen LogP contribution in [0.4, 0.5) is 0 Å². The maximum atomic E-state index is 12.8. The molecule has 1 fully saturated rings. The van der Waals surface area contributed by atoms with E-state index in [1.54, 1.807) is 14.2 Å². The standard InChI is InChI=1S/C24H30N4O3/c1-26-21-7-5-4-6-20(21)25-23(26)10-11-24(29)28-14-12-27(13-15-28)17-18-8-9-19(30-2)16-22(18)31-3/h4-9,16H,10-15,17H2,1-3H3. The number of hydrogen-bond donors (Lipinski definition) is 0. The van der Waals surface area contributed by atoms with E-state index in [1.807, 2.05) is 48.3 Å². The van der Waals surface area contributed by atoms with Crippen molar-refractivity contribution in [1.82, 2.24) is 19.4 Å². The second-order valence-electron chi connectivity index (χ2n) is 7.91. The Morgan fingerprint density at radius 1 is 1.03 bits per heavy atom. The van der Waals surface area contributed by atoms with E-state index in [-0.39, 0.29) is 5.91 Å². The quantitative estimate of drug-likeness (QED) is 0.586. The van der Waals surface area contributed by atoms with Crippen molar-refractivity contribution < 1.29 is 14.3 Å². The molecule has 0 aliphatic carbocycles. The third-order valence-electron chi connectivity index (χ3n) is 6.06. The monoisotopic (exact) mass is 422 g/mol. The van der Waals surface area contributed by atoms with Crippen LogP contribution in [-0.4, -0.2) is 65.7 Å². The average molecular weight is 423 g/mol. The van der Waals surface area contributed by atoms with Gasteiger partial charge in [0, 0.05) is 64.2 Å². The molecule has 1 aliphatic heterocycles. The molecule has 1 aliphatic rings. The third-order valence-corrected chi connectivity index (χ3v) is 6.06. The van der Waals surface area contributed by atoms with Crippen molar-refractivity contribution >= 4 is 16.9 Å². The molecule has 0 N–H and O–H groups in total. The van der Waals surface area contributed by atoms with E-state index in [9.17, 15) is 4.79 Å². The van der Waals surface area contributed by atoms with Gasteiger partial charge in [-0.15, -0.1) is 0 Å². The Morgan fingerprint density at radius 2 is 1.81 bits per heavy atom. The van der Waals surface area contributed by atoms with Crippen LogP contribution in [0.15, 0.2) is 42.5 Å². The van der Waals surface area contributed by atoms with Gasteiger partial charge in [-0.2, -0.15) is 0 Å². The lowest BCUT2D eigenvalue weighted by atomic mass is 10.1. The van der Waals surface area contributed by atoms with Gasteiger partial charge in [0.1, 0.15) is 17.3 Å². The number of piperazine rings is 1. The van der Waals surface area contributed by atoms with Crippen LogP contribution in [0.5, 0.6) is 11.5 Å². The molecule has 7 heteroatoms. The number of imidazole rings is 1. The molecule has 2 heterocycles. The minimum absolute atomic E-state index is 0.203. The number of fused-ring (bicyclic) bond motifs is 1. The van der Waals surface area contributed by atoms with Gasteiger partial charge in [0.25, 0.3) is 0 Å². The highest BCUT2D eigenvalue weighted by Crippen LogP contribution is 2.26. The van der Waals surface area contributed by atoms with E-state index in [1.165, 1.54) is 0 Å². The van der Waals surface area contributed by atoms with Crippen LogP contribution in [0.1, 0.15) is 17.8 Å². The second kappa shape index (κ2) is 9.39. The summed E-state index contributed by atoms with van der Waals surface area (Å²) in [6, 6.07) is 14.0. The highest BCUT2D eigenvalue weighted by Gasteiger charge is 2.22. The van der Waals surface area contributed by atoms with Crippen molar-refractivity contribution in [2.45, 2.75) is 19.4 Å². The molecule has 31 heavy (non-hydrogen) atoms. The fraction of sp³-hybridized carbons (Fsp3) is 0.417. The number of aryl methyl sites for hydroxylation is 2. The molecule has 3 aromatic rings. The number of methoxy groups -OCH3 is 2. The van der Waals surface area contributed by atoms with E-state index in [0.717, 1.165) is 66.6 Å². The van der Waals surface area contributed by atoms with Crippen molar-refractivity contribution in [3.63, 3.8) is 0 Å². The first kappa shape index (κ1) is 21.2. The number of benzene rings is 2. The van der Waals surface area contributed by atoms with Crippen molar-refractivity contribution in [2.75, 3.05) is 40.4 Å². The fourth-order valence-corrected chi connectivity index (χ4v) is 4.17. The molecule has 0 saturated carbocycles. The summed E-state index contributed by atoms with van der Waals surface area (Å²) in [5, 5.41) is 0. The third kappa shape index (κ3) is 4.66. The summed E-state index contributed by atoms with van der Waals surface area (Å²) in [6.07, 6.45) is 1.15. The Morgan fingerprint density at radius 3 is 2.52 bits per heavy atom. The molecule has 0 unspecified atom stereocenters. The molecule has 2 aromatic carbocycles. The molecule has 164 valence electrons. The minimum atomic E-state index is 0.203. The first-order valence-corrected chi connectivity index (χ1v) is 10.7. The Kier molecular flexibility index (Phi) is 6.42. The topological polar surface area (TPSA) is 59.8 Å². The molecule has 0 atom stereocenters. The van der Waals surface area contributed by atoms with Gasteiger partial charge in [0.15, 0.2) is 0 Å². The van der Waals surface area contributed by atoms with Crippen LogP contribution < -0.4 is 9.47 Å². The molecule has 1 aromatic heterocycles. The smallest absolute Gasteiger partial charge is 0.223 e. The molecule has 1 saturated heterocycles. The number of amides is 1. The summed E-state index contributed by atoms with van der Waals surface area (Å²) in [6.45, 7) is 4.01. The zero-order valence-electron chi connectivity index (χ0n) is 18.5. The number of para-hydroxylation sites is 2. The molecule has 4 rings (SSSR count). The molecular formula is C24H30N4O3. The largest absolute Gasteiger partial charge is 0.497 e. The summed E-state index contributed by atoms with van der Waals surface area (Å²) < 4.78 is 12.9. The van der Waals surface area contributed by atoms with E-state index in [0.29, 0.717) is 12.8 Å².